The maximum Gasteiger partial charge on any atom is 0.321 e. The normalized spacial score (nSPS) is 11.1. The highest BCUT2D eigenvalue weighted by Gasteiger charge is 2.17. The first-order chi connectivity index (χ1) is 13.1. The predicted molar refractivity (Wildman–Crippen MR) is 107 cm³/mol. The van der Waals surface area contributed by atoms with Crippen molar-refractivity contribution in [2.45, 2.75) is 18.7 Å². The number of esters is 1. The van der Waals surface area contributed by atoms with E-state index in [2.05, 4.69) is 10.0 Å². The van der Waals surface area contributed by atoms with E-state index in [1.54, 1.807) is 19.1 Å². The number of hydrogen-bond acceptors (Lipinski definition) is 5. The lowest BCUT2D eigenvalue weighted by atomic mass is 10.1. The molecule has 0 saturated heterocycles. The third kappa shape index (κ3) is 6.20. The first-order valence-corrected chi connectivity index (χ1v) is 10.3. The number of anilines is 1. The van der Waals surface area contributed by atoms with Gasteiger partial charge in [0.2, 0.25) is 10.0 Å². The zero-order chi connectivity index (χ0) is 20.9. The second-order valence-electron chi connectivity index (χ2n) is 5.90. The molecule has 150 valence electrons. The monoisotopic (exact) mass is 444 g/mol. The van der Waals surface area contributed by atoms with E-state index in [9.17, 15) is 18.0 Å². The summed E-state index contributed by atoms with van der Waals surface area (Å²) in [5.74, 6) is -1.55. The number of carbonyl (C=O) groups excluding carboxylic acids is 2. The number of nitrogens with one attached hydrogen (secondary N) is 2. The van der Waals surface area contributed by atoms with Gasteiger partial charge in [0, 0.05) is 5.02 Å². The van der Waals surface area contributed by atoms with Gasteiger partial charge in [-0.1, -0.05) is 29.3 Å². The second-order valence-corrected chi connectivity index (χ2v) is 8.51. The third-order valence-electron chi connectivity index (χ3n) is 3.76. The Balaban J connectivity index is 1.85. The van der Waals surface area contributed by atoms with Gasteiger partial charge in [-0.15, -0.1) is 0 Å². The summed E-state index contributed by atoms with van der Waals surface area (Å²) in [6, 6.07) is 9.13. The van der Waals surface area contributed by atoms with E-state index in [1.807, 2.05) is 6.92 Å². The number of rotatable bonds is 7. The summed E-state index contributed by atoms with van der Waals surface area (Å²) < 4.78 is 31.4. The maximum atomic E-state index is 12.2. The average Bonchev–Trinajstić information content (AvgIpc) is 2.63. The van der Waals surface area contributed by atoms with Gasteiger partial charge in [-0.3, -0.25) is 9.59 Å². The van der Waals surface area contributed by atoms with Crippen LogP contribution in [0.5, 0.6) is 0 Å². The number of hydrogen-bond donors (Lipinski definition) is 2. The minimum absolute atomic E-state index is 0.0386. The highest BCUT2D eigenvalue weighted by molar-refractivity contribution is 7.89. The zero-order valence-electron chi connectivity index (χ0n) is 15.1. The molecule has 0 aliphatic heterocycles. The Morgan fingerprint density at radius 3 is 2.43 bits per heavy atom. The molecular weight excluding hydrogens is 427 g/mol. The number of aryl methyl sites for hydroxylation is 2. The zero-order valence-corrected chi connectivity index (χ0v) is 17.4. The summed E-state index contributed by atoms with van der Waals surface area (Å²) >= 11 is 11.7. The lowest BCUT2D eigenvalue weighted by Gasteiger charge is -2.10. The molecule has 0 aliphatic carbocycles. The van der Waals surface area contributed by atoms with Gasteiger partial charge in [0.1, 0.15) is 6.54 Å². The van der Waals surface area contributed by atoms with Crippen molar-refractivity contribution in [3.05, 3.63) is 57.6 Å². The molecule has 2 aromatic carbocycles. The molecule has 0 atom stereocenters. The summed E-state index contributed by atoms with van der Waals surface area (Å²) in [6.45, 7) is 2.43. The van der Waals surface area contributed by atoms with Crippen molar-refractivity contribution in [2.75, 3.05) is 18.5 Å². The van der Waals surface area contributed by atoms with Gasteiger partial charge in [0.25, 0.3) is 5.91 Å². The molecule has 2 rings (SSSR count). The van der Waals surface area contributed by atoms with Crippen LogP contribution in [0.2, 0.25) is 10.0 Å². The van der Waals surface area contributed by atoms with Crippen LogP contribution in [0.25, 0.3) is 0 Å². The van der Waals surface area contributed by atoms with Gasteiger partial charge < -0.3 is 10.1 Å². The summed E-state index contributed by atoms with van der Waals surface area (Å²) in [5.41, 5.74) is 2.02. The Labute approximate surface area is 173 Å². The van der Waals surface area contributed by atoms with Gasteiger partial charge in [-0.25, -0.2) is 8.42 Å². The number of benzene rings is 2. The molecule has 28 heavy (non-hydrogen) atoms. The van der Waals surface area contributed by atoms with Crippen molar-refractivity contribution in [3.63, 3.8) is 0 Å². The molecule has 2 N–H and O–H groups in total. The second kappa shape index (κ2) is 9.38. The number of amides is 1. The van der Waals surface area contributed by atoms with E-state index in [0.717, 1.165) is 11.1 Å². The van der Waals surface area contributed by atoms with Crippen LogP contribution in [0.1, 0.15) is 11.1 Å². The minimum Gasteiger partial charge on any atom is -0.455 e. The molecular formula is C18H18Cl2N2O5S. The topological polar surface area (TPSA) is 102 Å². The van der Waals surface area contributed by atoms with E-state index in [-0.39, 0.29) is 15.6 Å². The molecule has 7 nitrogen and oxygen atoms in total. The summed E-state index contributed by atoms with van der Waals surface area (Å²) in [7, 11) is -3.88. The van der Waals surface area contributed by atoms with Gasteiger partial charge >= 0.3 is 5.97 Å². The number of ether oxygens (including phenoxy) is 1. The van der Waals surface area contributed by atoms with Crippen LogP contribution < -0.4 is 10.0 Å². The van der Waals surface area contributed by atoms with Crippen LogP contribution in [0.3, 0.4) is 0 Å². The molecule has 0 aliphatic rings. The molecule has 0 spiro atoms. The Bertz CT molecular complexity index is 1010. The fourth-order valence-electron chi connectivity index (χ4n) is 2.09. The third-order valence-corrected chi connectivity index (χ3v) is 5.73. The minimum atomic E-state index is -3.88. The lowest BCUT2D eigenvalue weighted by molar-refractivity contribution is -0.146. The molecule has 0 saturated carbocycles. The van der Waals surface area contributed by atoms with Gasteiger partial charge in [0.15, 0.2) is 6.61 Å². The number of sulfonamides is 1. The van der Waals surface area contributed by atoms with Gasteiger partial charge in [-0.2, -0.15) is 4.72 Å². The van der Waals surface area contributed by atoms with E-state index in [0.29, 0.717) is 5.02 Å². The van der Waals surface area contributed by atoms with Crippen molar-refractivity contribution >= 4 is 50.8 Å². The van der Waals surface area contributed by atoms with Crippen molar-refractivity contribution < 1.29 is 22.7 Å². The fourth-order valence-corrected chi connectivity index (χ4v) is 3.49. The van der Waals surface area contributed by atoms with E-state index >= 15 is 0 Å². The van der Waals surface area contributed by atoms with Crippen LogP contribution in [-0.2, 0) is 24.3 Å². The van der Waals surface area contributed by atoms with Crippen molar-refractivity contribution in [2.24, 2.45) is 0 Å². The molecule has 1 amide bonds. The Hall–Kier alpha value is -2.13. The molecule has 0 bridgehead atoms. The SMILES string of the molecule is Cc1ccc(S(=O)(=O)NCC(=O)OCC(=O)Nc2cc(Cl)ccc2Cl)cc1C. The standard InChI is InChI=1S/C18H18Cl2N2O5S/c1-11-3-5-14(7-12(11)2)28(25,26)21-9-18(24)27-10-17(23)22-16-8-13(19)4-6-15(16)20/h3-8,21H,9-10H2,1-2H3,(H,22,23). The summed E-state index contributed by atoms with van der Waals surface area (Å²) in [6.07, 6.45) is 0. The summed E-state index contributed by atoms with van der Waals surface area (Å²) in [5, 5.41) is 3.09. The van der Waals surface area contributed by atoms with Crippen LogP contribution in [0.15, 0.2) is 41.3 Å². The molecule has 0 heterocycles. The average molecular weight is 445 g/mol. The van der Waals surface area contributed by atoms with Crippen LogP contribution in [0.4, 0.5) is 5.69 Å². The smallest absolute Gasteiger partial charge is 0.321 e. The molecule has 2 aromatic rings. The fraction of sp³-hybridized carbons (Fsp3) is 0.222. The van der Waals surface area contributed by atoms with E-state index in [4.69, 9.17) is 27.9 Å². The van der Waals surface area contributed by atoms with E-state index in [1.165, 1.54) is 24.3 Å². The largest absolute Gasteiger partial charge is 0.455 e. The Morgan fingerprint density at radius 1 is 1.04 bits per heavy atom. The molecule has 0 aromatic heterocycles. The van der Waals surface area contributed by atoms with Crippen molar-refractivity contribution in [3.8, 4) is 0 Å². The van der Waals surface area contributed by atoms with E-state index < -0.39 is 35.1 Å². The number of carbonyl (C=O) groups is 2. The molecule has 0 radical (unpaired) electrons. The first-order valence-electron chi connectivity index (χ1n) is 8.06. The predicted octanol–water partition coefficient (Wildman–Crippen LogP) is 3.07. The highest BCUT2D eigenvalue weighted by Crippen LogP contribution is 2.25. The van der Waals surface area contributed by atoms with Gasteiger partial charge in [0.05, 0.1) is 15.6 Å². The number of halogens is 2. The molecule has 10 heteroatoms. The molecule has 0 fully saturated rings. The summed E-state index contributed by atoms with van der Waals surface area (Å²) in [4.78, 5) is 23.6. The quantitative estimate of drug-likeness (QED) is 0.638. The van der Waals surface area contributed by atoms with Crippen LogP contribution in [0, 0.1) is 13.8 Å². The lowest BCUT2D eigenvalue weighted by Crippen LogP contribution is -2.32. The van der Waals surface area contributed by atoms with Gasteiger partial charge in [-0.05, 0) is 55.3 Å². The highest BCUT2D eigenvalue weighted by atomic mass is 35.5. The van der Waals surface area contributed by atoms with Crippen molar-refractivity contribution in [1.29, 1.82) is 0 Å². The van der Waals surface area contributed by atoms with Crippen molar-refractivity contribution in [1.82, 2.24) is 4.72 Å². The Morgan fingerprint density at radius 2 is 1.75 bits per heavy atom. The maximum absolute atomic E-state index is 12.2. The molecule has 0 unspecified atom stereocenters. The van der Waals surface area contributed by atoms with Crippen LogP contribution in [-0.4, -0.2) is 33.4 Å². The Kier molecular flexibility index (Phi) is 7.42. The van der Waals surface area contributed by atoms with Crippen LogP contribution >= 0.6 is 23.2 Å². The first kappa shape index (κ1) is 22.2.